The predicted molar refractivity (Wildman–Crippen MR) is 89.0 cm³/mol. The normalized spacial score (nSPS) is 10.9. The Bertz CT molecular complexity index is 771. The molecular weight excluding hydrogens is 366 g/mol. The lowest BCUT2D eigenvalue weighted by Crippen LogP contribution is -1.94. The quantitative estimate of drug-likeness (QED) is 0.623. The van der Waals surface area contributed by atoms with Gasteiger partial charge in [0.15, 0.2) is 16.7 Å². The monoisotopic (exact) mass is 379 g/mol. The van der Waals surface area contributed by atoms with Crippen molar-refractivity contribution in [1.82, 2.24) is 14.8 Å². The van der Waals surface area contributed by atoms with Gasteiger partial charge in [-0.3, -0.25) is 0 Å². The van der Waals surface area contributed by atoms with Crippen LogP contribution in [-0.2, 0) is 12.8 Å². The van der Waals surface area contributed by atoms with Crippen molar-refractivity contribution in [2.24, 2.45) is 7.05 Å². The molecular formula is C15H14BrN3O2S. The van der Waals surface area contributed by atoms with E-state index in [0.717, 1.165) is 27.0 Å². The first-order chi connectivity index (χ1) is 10.7. The van der Waals surface area contributed by atoms with Gasteiger partial charge in [-0.05, 0) is 45.8 Å². The highest BCUT2D eigenvalue weighted by atomic mass is 79.9. The second kappa shape index (κ2) is 6.58. The highest BCUT2D eigenvalue weighted by Crippen LogP contribution is 2.29. The number of aromatic nitrogens is 3. The molecule has 1 aromatic carbocycles. The van der Waals surface area contributed by atoms with Crippen LogP contribution in [0.1, 0.15) is 5.56 Å². The molecule has 0 fully saturated rings. The van der Waals surface area contributed by atoms with Gasteiger partial charge in [-0.1, -0.05) is 17.8 Å². The lowest BCUT2D eigenvalue weighted by Gasteiger charge is -2.06. The molecule has 5 nitrogen and oxygen atoms in total. The molecule has 114 valence electrons. The number of methoxy groups -OCH3 is 1. The first-order valence-corrected chi connectivity index (χ1v) is 8.35. The number of nitrogens with zero attached hydrogens (tertiary/aromatic N) is 3. The van der Waals surface area contributed by atoms with E-state index in [4.69, 9.17) is 9.15 Å². The smallest absolute Gasteiger partial charge is 0.200 e. The number of rotatable bonds is 5. The molecule has 0 saturated heterocycles. The Morgan fingerprint density at radius 2 is 2.18 bits per heavy atom. The van der Waals surface area contributed by atoms with Gasteiger partial charge in [0.1, 0.15) is 5.75 Å². The second-order valence-corrected chi connectivity index (χ2v) is 6.40. The molecule has 3 aromatic rings. The highest BCUT2D eigenvalue weighted by molar-refractivity contribution is 9.10. The third-order valence-electron chi connectivity index (χ3n) is 3.16. The Morgan fingerprint density at radius 3 is 2.86 bits per heavy atom. The number of thioether (sulfide) groups is 1. The summed E-state index contributed by atoms with van der Waals surface area (Å²) in [4.78, 5) is 0. The molecule has 0 aliphatic carbocycles. The zero-order chi connectivity index (χ0) is 15.5. The molecule has 0 radical (unpaired) electrons. The van der Waals surface area contributed by atoms with Crippen LogP contribution in [0.15, 0.2) is 50.6 Å². The number of ether oxygens (including phenoxy) is 1. The average molecular weight is 380 g/mol. The Kier molecular flexibility index (Phi) is 4.54. The molecule has 0 saturated carbocycles. The van der Waals surface area contributed by atoms with Gasteiger partial charge >= 0.3 is 0 Å². The maximum Gasteiger partial charge on any atom is 0.200 e. The Hall–Kier alpha value is -1.73. The van der Waals surface area contributed by atoms with Crippen LogP contribution in [0, 0.1) is 0 Å². The largest absolute Gasteiger partial charge is 0.496 e. The Balaban J connectivity index is 1.73. The fraction of sp³-hybridized carbons (Fsp3) is 0.200. The van der Waals surface area contributed by atoms with Crippen molar-refractivity contribution in [3.63, 3.8) is 0 Å². The van der Waals surface area contributed by atoms with Crippen molar-refractivity contribution in [3.05, 3.63) is 46.6 Å². The summed E-state index contributed by atoms with van der Waals surface area (Å²) in [5.74, 6) is 3.07. The van der Waals surface area contributed by atoms with E-state index < -0.39 is 0 Å². The number of benzene rings is 1. The molecule has 0 N–H and O–H groups in total. The minimum atomic E-state index is 0.717. The maximum absolute atomic E-state index is 5.37. The van der Waals surface area contributed by atoms with Crippen molar-refractivity contribution >= 4 is 27.7 Å². The number of hydrogen-bond donors (Lipinski definition) is 0. The van der Waals surface area contributed by atoms with E-state index in [1.54, 1.807) is 25.1 Å². The van der Waals surface area contributed by atoms with E-state index in [-0.39, 0.29) is 0 Å². The van der Waals surface area contributed by atoms with Gasteiger partial charge < -0.3 is 13.7 Å². The molecule has 0 unspecified atom stereocenters. The highest BCUT2D eigenvalue weighted by Gasteiger charge is 2.13. The van der Waals surface area contributed by atoms with Crippen molar-refractivity contribution < 1.29 is 9.15 Å². The van der Waals surface area contributed by atoms with Gasteiger partial charge in [0, 0.05) is 12.8 Å². The van der Waals surface area contributed by atoms with E-state index in [1.807, 2.05) is 35.9 Å². The Morgan fingerprint density at radius 1 is 1.32 bits per heavy atom. The fourth-order valence-corrected chi connectivity index (χ4v) is 3.45. The van der Waals surface area contributed by atoms with Crippen LogP contribution in [-0.4, -0.2) is 21.9 Å². The third kappa shape index (κ3) is 3.05. The van der Waals surface area contributed by atoms with Crippen LogP contribution in [0.4, 0.5) is 0 Å². The van der Waals surface area contributed by atoms with Crippen LogP contribution in [0.25, 0.3) is 11.6 Å². The van der Waals surface area contributed by atoms with Gasteiger partial charge in [0.25, 0.3) is 0 Å². The zero-order valence-corrected chi connectivity index (χ0v) is 14.5. The number of hydrogen-bond acceptors (Lipinski definition) is 5. The zero-order valence-electron chi connectivity index (χ0n) is 12.1. The average Bonchev–Trinajstić information content (AvgIpc) is 3.15. The summed E-state index contributed by atoms with van der Waals surface area (Å²) in [5.41, 5.74) is 1.18. The maximum atomic E-state index is 5.37. The van der Waals surface area contributed by atoms with E-state index >= 15 is 0 Å². The fourth-order valence-electron chi connectivity index (χ4n) is 2.01. The summed E-state index contributed by atoms with van der Waals surface area (Å²) in [7, 11) is 3.59. The van der Waals surface area contributed by atoms with Gasteiger partial charge in [-0.2, -0.15) is 0 Å². The molecule has 0 aliphatic rings. The van der Waals surface area contributed by atoms with Gasteiger partial charge in [0.05, 0.1) is 17.8 Å². The van der Waals surface area contributed by atoms with Gasteiger partial charge in [0.2, 0.25) is 0 Å². The molecule has 0 aliphatic heterocycles. The van der Waals surface area contributed by atoms with E-state index in [9.17, 15) is 0 Å². The first kappa shape index (κ1) is 15.2. The molecule has 2 aromatic heterocycles. The Labute approximate surface area is 140 Å². The van der Waals surface area contributed by atoms with Crippen LogP contribution >= 0.6 is 27.7 Å². The summed E-state index contributed by atoms with van der Waals surface area (Å²) in [6.45, 7) is 0. The molecule has 7 heteroatoms. The van der Waals surface area contributed by atoms with Crippen molar-refractivity contribution in [2.45, 2.75) is 10.9 Å². The summed E-state index contributed by atoms with van der Waals surface area (Å²) >= 11 is 5.12. The predicted octanol–water partition coefficient (Wildman–Crippen LogP) is 4.14. The molecule has 0 amide bonds. The lowest BCUT2D eigenvalue weighted by molar-refractivity contribution is 0.412. The lowest BCUT2D eigenvalue weighted by atomic mass is 10.2. The van der Waals surface area contributed by atoms with Gasteiger partial charge in [-0.25, -0.2) is 0 Å². The third-order valence-corrected chi connectivity index (χ3v) is 4.87. The van der Waals surface area contributed by atoms with Crippen molar-refractivity contribution in [3.8, 4) is 17.3 Å². The molecule has 2 heterocycles. The number of furan rings is 1. The minimum absolute atomic E-state index is 0.717. The van der Waals surface area contributed by atoms with Crippen molar-refractivity contribution in [1.29, 1.82) is 0 Å². The topological polar surface area (TPSA) is 53.1 Å². The second-order valence-electron chi connectivity index (χ2n) is 4.60. The van der Waals surface area contributed by atoms with Crippen LogP contribution < -0.4 is 4.74 Å². The van der Waals surface area contributed by atoms with Crippen LogP contribution in [0.5, 0.6) is 5.75 Å². The van der Waals surface area contributed by atoms with Crippen LogP contribution in [0.2, 0.25) is 0 Å². The number of halogens is 1. The minimum Gasteiger partial charge on any atom is -0.496 e. The van der Waals surface area contributed by atoms with Crippen LogP contribution in [0.3, 0.4) is 0 Å². The van der Waals surface area contributed by atoms with E-state index in [2.05, 4.69) is 32.2 Å². The summed E-state index contributed by atoms with van der Waals surface area (Å²) in [6.07, 6.45) is 1.63. The van der Waals surface area contributed by atoms with E-state index in [1.165, 1.54) is 5.56 Å². The van der Waals surface area contributed by atoms with E-state index in [0.29, 0.717) is 5.76 Å². The summed E-state index contributed by atoms with van der Waals surface area (Å²) in [5, 5.41) is 9.25. The molecule has 0 atom stereocenters. The van der Waals surface area contributed by atoms with Crippen molar-refractivity contribution in [2.75, 3.05) is 7.11 Å². The molecule has 22 heavy (non-hydrogen) atoms. The summed E-state index contributed by atoms with van der Waals surface area (Å²) in [6, 6.07) is 9.76. The first-order valence-electron chi connectivity index (χ1n) is 6.57. The molecule has 0 spiro atoms. The SMILES string of the molecule is COc1ccc(CSc2nnc(-c3ccco3)n2C)cc1Br. The molecule has 0 bridgehead atoms. The standard InChI is InChI=1S/C15H14BrN3O2S/c1-19-14(13-4-3-7-21-13)17-18-15(19)22-9-10-5-6-12(20-2)11(16)8-10/h3-8H,9H2,1-2H3. The summed E-state index contributed by atoms with van der Waals surface area (Å²) < 4.78 is 13.5. The van der Waals surface area contributed by atoms with Gasteiger partial charge in [-0.15, -0.1) is 10.2 Å². The molecule has 3 rings (SSSR count).